The quantitative estimate of drug-likeness (QED) is 0.873. The molecule has 0 spiro atoms. The van der Waals surface area contributed by atoms with Crippen molar-refractivity contribution in [1.82, 2.24) is 4.90 Å². The third-order valence-electron chi connectivity index (χ3n) is 4.41. The molecule has 2 N–H and O–H groups in total. The van der Waals surface area contributed by atoms with Crippen LogP contribution in [0.4, 0.5) is 4.39 Å². The predicted octanol–water partition coefficient (Wildman–Crippen LogP) is 3.49. The molecule has 0 saturated carbocycles. The minimum atomic E-state index is -0.339. The van der Waals surface area contributed by atoms with Crippen LogP contribution < -0.4 is 10.5 Å². The fraction of sp³-hybridized carbons (Fsp3) is 0.647. The van der Waals surface area contributed by atoms with Gasteiger partial charge in [-0.3, -0.25) is 4.90 Å². The van der Waals surface area contributed by atoms with Crippen LogP contribution in [0.2, 0.25) is 0 Å². The molecule has 1 fully saturated rings. The van der Waals surface area contributed by atoms with E-state index in [0.717, 1.165) is 18.7 Å². The lowest BCUT2D eigenvalue weighted by atomic mass is 9.96. The highest BCUT2D eigenvalue weighted by atomic mass is 19.1. The molecule has 1 aromatic carbocycles. The molecular weight excluding hydrogens is 267 g/mol. The number of likely N-dealkylation sites (tertiary alicyclic amines) is 1. The molecule has 2 unspecified atom stereocenters. The minimum absolute atomic E-state index is 0.150. The lowest BCUT2D eigenvalue weighted by Crippen LogP contribution is -2.43. The Balaban J connectivity index is 2.02. The van der Waals surface area contributed by atoms with Gasteiger partial charge in [-0.15, -0.1) is 0 Å². The molecule has 0 aliphatic carbocycles. The van der Waals surface area contributed by atoms with Crippen LogP contribution in [0.1, 0.15) is 50.6 Å². The second-order valence-corrected chi connectivity index (χ2v) is 5.93. The van der Waals surface area contributed by atoms with E-state index in [1.54, 1.807) is 6.07 Å². The number of nitrogens with two attached hydrogens (primary N) is 1. The van der Waals surface area contributed by atoms with E-state index in [1.807, 2.05) is 6.07 Å². The summed E-state index contributed by atoms with van der Waals surface area (Å²) in [5.41, 5.74) is 7.14. The first-order valence-corrected chi connectivity index (χ1v) is 7.98. The molecule has 0 radical (unpaired) electrons. The molecule has 4 heteroatoms. The number of halogens is 1. The highest BCUT2D eigenvalue weighted by Crippen LogP contribution is 2.25. The van der Waals surface area contributed by atoms with Crippen molar-refractivity contribution in [3.05, 3.63) is 29.6 Å². The molecule has 1 saturated heterocycles. The molecule has 1 heterocycles. The van der Waals surface area contributed by atoms with Crippen molar-refractivity contribution < 1.29 is 9.13 Å². The maximum Gasteiger partial charge on any atom is 0.165 e. The number of hydrogen-bond acceptors (Lipinski definition) is 3. The Labute approximate surface area is 127 Å². The van der Waals surface area contributed by atoms with E-state index in [4.69, 9.17) is 10.5 Å². The van der Waals surface area contributed by atoms with Gasteiger partial charge in [0, 0.05) is 18.6 Å². The number of benzene rings is 1. The summed E-state index contributed by atoms with van der Waals surface area (Å²) >= 11 is 0. The Bertz CT molecular complexity index is 450. The van der Waals surface area contributed by atoms with Gasteiger partial charge in [-0.25, -0.2) is 4.39 Å². The summed E-state index contributed by atoms with van der Waals surface area (Å²) < 4.78 is 18.7. The summed E-state index contributed by atoms with van der Waals surface area (Å²) in [4.78, 5) is 2.49. The SMILES string of the molecule is CCCC1CCCCN1CC(N)c1ccc(OC)c(F)c1. The summed E-state index contributed by atoms with van der Waals surface area (Å²) in [6.07, 6.45) is 6.24. The van der Waals surface area contributed by atoms with Crippen LogP contribution >= 0.6 is 0 Å². The molecule has 21 heavy (non-hydrogen) atoms. The third kappa shape index (κ3) is 4.17. The number of methoxy groups -OCH3 is 1. The second kappa shape index (κ2) is 7.76. The normalized spacial score (nSPS) is 21.2. The topological polar surface area (TPSA) is 38.5 Å². The summed E-state index contributed by atoms with van der Waals surface area (Å²) in [6.45, 7) is 4.14. The molecular formula is C17H27FN2O. The van der Waals surface area contributed by atoms with E-state index in [9.17, 15) is 4.39 Å². The number of rotatable bonds is 6. The van der Waals surface area contributed by atoms with Gasteiger partial charge in [0.1, 0.15) is 0 Å². The first-order valence-electron chi connectivity index (χ1n) is 7.98. The summed E-state index contributed by atoms with van der Waals surface area (Å²) in [6, 6.07) is 5.51. The van der Waals surface area contributed by atoms with Crippen molar-refractivity contribution in [3.8, 4) is 5.75 Å². The predicted molar refractivity (Wildman–Crippen MR) is 84.0 cm³/mol. The van der Waals surface area contributed by atoms with Crippen molar-refractivity contribution >= 4 is 0 Å². The Hall–Kier alpha value is -1.13. The van der Waals surface area contributed by atoms with Crippen molar-refractivity contribution in [2.75, 3.05) is 20.2 Å². The van der Waals surface area contributed by atoms with Crippen LogP contribution in [0, 0.1) is 5.82 Å². The zero-order valence-electron chi connectivity index (χ0n) is 13.1. The molecule has 0 aromatic heterocycles. The van der Waals surface area contributed by atoms with E-state index in [-0.39, 0.29) is 17.6 Å². The van der Waals surface area contributed by atoms with E-state index >= 15 is 0 Å². The van der Waals surface area contributed by atoms with Crippen LogP contribution in [0.15, 0.2) is 18.2 Å². The summed E-state index contributed by atoms with van der Waals surface area (Å²) in [5.74, 6) is -0.0676. The average molecular weight is 294 g/mol. The van der Waals surface area contributed by atoms with Crippen LogP contribution in [-0.2, 0) is 0 Å². The molecule has 2 rings (SSSR count). The van der Waals surface area contributed by atoms with Gasteiger partial charge >= 0.3 is 0 Å². The number of piperidine rings is 1. The van der Waals surface area contributed by atoms with Crippen LogP contribution in [0.5, 0.6) is 5.75 Å². The van der Waals surface area contributed by atoms with Gasteiger partial charge in [-0.05, 0) is 43.5 Å². The van der Waals surface area contributed by atoms with Crippen molar-refractivity contribution in [3.63, 3.8) is 0 Å². The highest BCUT2D eigenvalue weighted by molar-refractivity contribution is 5.31. The zero-order chi connectivity index (χ0) is 15.2. The number of hydrogen-bond donors (Lipinski definition) is 1. The third-order valence-corrected chi connectivity index (χ3v) is 4.41. The van der Waals surface area contributed by atoms with E-state index in [1.165, 1.54) is 45.3 Å². The zero-order valence-corrected chi connectivity index (χ0v) is 13.1. The molecule has 1 aromatic rings. The molecule has 3 nitrogen and oxygen atoms in total. The molecule has 118 valence electrons. The van der Waals surface area contributed by atoms with Gasteiger partial charge in [-0.1, -0.05) is 25.8 Å². The lowest BCUT2D eigenvalue weighted by Gasteiger charge is -2.37. The first kappa shape index (κ1) is 16.2. The first-order chi connectivity index (χ1) is 10.2. The Morgan fingerprint density at radius 2 is 2.24 bits per heavy atom. The molecule has 0 amide bonds. The van der Waals surface area contributed by atoms with E-state index in [0.29, 0.717) is 6.04 Å². The Morgan fingerprint density at radius 3 is 2.90 bits per heavy atom. The number of ether oxygens (including phenoxy) is 1. The van der Waals surface area contributed by atoms with Crippen LogP contribution in [0.3, 0.4) is 0 Å². The molecule has 1 aliphatic heterocycles. The largest absolute Gasteiger partial charge is 0.494 e. The van der Waals surface area contributed by atoms with E-state index in [2.05, 4.69) is 11.8 Å². The van der Waals surface area contributed by atoms with Crippen LogP contribution in [-0.4, -0.2) is 31.1 Å². The monoisotopic (exact) mass is 294 g/mol. The Morgan fingerprint density at radius 1 is 1.43 bits per heavy atom. The lowest BCUT2D eigenvalue weighted by molar-refractivity contribution is 0.131. The second-order valence-electron chi connectivity index (χ2n) is 5.93. The molecule has 2 atom stereocenters. The van der Waals surface area contributed by atoms with Gasteiger partial charge in [-0.2, -0.15) is 0 Å². The van der Waals surface area contributed by atoms with Gasteiger partial charge in [0.25, 0.3) is 0 Å². The molecule has 1 aliphatic rings. The van der Waals surface area contributed by atoms with Crippen molar-refractivity contribution in [2.24, 2.45) is 5.73 Å². The Kier molecular flexibility index (Phi) is 6.00. The van der Waals surface area contributed by atoms with Crippen LogP contribution in [0.25, 0.3) is 0 Å². The smallest absolute Gasteiger partial charge is 0.165 e. The van der Waals surface area contributed by atoms with Crippen molar-refractivity contribution in [1.29, 1.82) is 0 Å². The van der Waals surface area contributed by atoms with Gasteiger partial charge in [0.15, 0.2) is 11.6 Å². The summed E-state index contributed by atoms with van der Waals surface area (Å²) in [7, 11) is 1.47. The van der Waals surface area contributed by atoms with Gasteiger partial charge < -0.3 is 10.5 Å². The fourth-order valence-electron chi connectivity index (χ4n) is 3.23. The van der Waals surface area contributed by atoms with Gasteiger partial charge in [0.2, 0.25) is 0 Å². The van der Waals surface area contributed by atoms with Gasteiger partial charge in [0.05, 0.1) is 7.11 Å². The number of nitrogens with zero attached hydrogens (tertiary/aromatic N) is 1. The van der Waals surface area contributed by atoms with Crippen molar-refractivity contribution in [2.45, 2.75) is 51.1 Å². The minimum Gasteiger partial charge on any atom is -0.494 e. The average Bonchev–Trinajstić information content (AvgIpc) is 2.49. The summed E-state index contributed by atoms with van der Waals surface area (Å²) in [5, 5.41) is 0. The highest BCUT2D eigenvalue weighted by Gasteiger charge is 2.23. The molecule has 0 bridgehead atoms. The fourth-order valence-corrected chi connectivity index (χ4v) is 3.23. The maximum absolute atomic E-state index is 13.8. The van der Waals surface area contributed by atoms with E-state index < -0.39 is 0 Å². The maximum atomic E-state index is 13.8. The standard InChI is InChI=1S/C17H27FN2O/c1-3-6-14-7-4-5-10-20(14)12-16(19)13-8-9-17(21-2)15(18)11-13/h8-9,11,14,16H,3-7,10,12,19H2,1-2H3.